The van der Waals surface area contributed by atoms with E-state index in [-0.39, 0.29) is 0 Å². The molecule has 2 aromatic heterocycles. The predicted octanol–water partition coefficient (Wildman–Crippen LogP) is 5.57. The van der Waals surface area contributed by atoms with Gasteiger partial charge in [0.1, 0.15) is 6.29 Å². The lowest BCUT2D eigenvalue weighted by Crippen LogP contribution is -1.99. The van der Waals surface area contributed by atoms with E-state index in [1.54, 1.807) is 30.6 Å². The molecule has 7 heteroatoms. The summed E-state index contributed by atoms with van der Waals surface area (Å²) < 4.78 is 1.91. The Kier molecular flexibility index (Phi) is 4.56. The second-order valence-corrected chi connectivity index (χ2v) is 6.89. The van der Waals surface area contributed by atoms with Crippen LogP contribution in [-0.2, 0) is 0 Å². The maximum absolute atomic E-state index is 11.0. The number of nitrogens with one attached hydrogen (secondary N) is 1. The fourth-order valence-corrected chi connectivity index (χ4v) is 3.43. The van der Waals surface area contributed by atoms with Crippen LogP contribution in [0, 0.1) is 6.92 Å². The number of anilines is 2. The van der Waals surface area contributed by atoms with Crippen LogP contribution in [0.1, 0.15) is 15.9 Å². The molecular weight excluding hydrogens is 383 g/mol. The monoisotopic (exact) mass is 396 g/mol. The van der Waals surface area contributed by atoms with Gasteiger partial charge in [-0.3, -0.25) is 9.20 Å². The normalized spacial score (nSPS) is 10.9. The summed E-state index contributed by atoms with van der Waals surface area (Å²) >= 11 is 12.3. The number of halogens is 2. The SMILES string of the molecule is Cc1cc(Nc2nccn3c(-c4ccc(Cl)cc4Cl)cnc23)ccc1C=O. The van der Waals surface area contributed by atoms with E-state index in [1.807, 2.05) is 35.7 Å². The van der Waals surface area contributed by atoms with E-state index < -0.39 is 0 Å². The number of hydrogen-bond acceptors (Lipinski definition) is 4. The highest BCUT2D eigenvalue weighted by atomic mass is 35.5. The van der Waals surface area contributed by atoms with Crippen LogP contribution < -0.4 is 5.32 Å². The third-order valence-electron chi connectivity index (χ3n) is 4.29. The standard InChI is InChI=1S/C20H14Cl2N4O/c1-12-8-15(4-2-13(12)11-27)25-19-20-24-10-18(26(20)7-6-23-19)16-5-3-14(21)9-17(16)22/h2-11H,1H3,(H,23,25). The van der Waals surface area contributed by atoms with Crippen molar-refractivity contribution in [1.82, 2.24) is 14.4 Å². The van der Waals surface area contributed by atoms with Crippen LogP contribution in [0.25, 0.3) is 16.9 Å². The van der Waals surface area contributed by atoms with E-state index in [4.69, 9.17) is 23.2 Å². The number of aldehydes is 1. The molecule has 27 heavy (non-hydrogen) atoms. The topological polar surface area (TPSA) is 59.3 Å². The van der Waals surface area contributed by atoms with Crippen LogP contribution >= 0.6 is 23.2 Å². The Morgan fingerprint density at radius 2 is 1.96 bits per heavy atom. The lowest BCUT2D eigenvalue weighted by Gasteiger charge is -2.10. The molecule has 0 unspecified atom stereocenters. The zero-order valence-corrected chi connectivity index (χ0v) is 15.8. The highest BCUT2D eigenvalue weighted by molar-refractivity contribution is 6.36. The Balaban J connectivity index is 1.77. The third-order valence-corrected chi connectivity index (χ3v) is 4.84. The van der Waals surface area contributed by atoms with E-state index in [9.17, 15) is 4.79 Å². The van der Waals surface area contributed by atoms with Gasteiger partial charge in [-0.2, -0.15) is 0 Å². The van der Waals surface area contributed by atoms with Crippen LogP contribution in [-0.4, -0.2) is 20.7 Å². The fourth-order valence-electron chi connectivity index (χ4n) is 2.93. The van der Waals surface area contributed by atoms with Gasteiger partial charge in [-0.25, -0.2) is 9.97 Å². The molecule has 2 aromatic carbocycles. The van der Waals surface area contributed by atoms with E-state index in [0.29, 0.717) is 27.1 Å². The van der Waals surface area contributed by atoms with E-state index in [1.165, 1.54) is 0 Å². The quantitative estimate of drug-likeness (QED) is 0.458. The Bertz CT molecular complexity index is 1170. The summed E-state index contributed by atoms with van der Waals surface area (Å²) in [4.78, 5) is 19.9. The molecule has 134 valence electrons. The molecule has 0 saturated carbocycles. The first-order valence-electron chi connectivity index (χ1n) is 8.17. The van der Waals surface area contributed by atoms with Gasteiger partial charge in [0.2, 0.25) is 0 Å². The fraction of sp³-hybridized carbons (Fsp3) is 0.0500. The van der Waals surface area contributed by atoms with Gasteiger partial charge in [-0.05, 0) is 48.9 Å². The van der Waals surface area contributed by atoms with Crippen molar-refractivity contribution in [3.8, 4) is 11.3 Å². The van der Waals surface area contributed by atoms with Gasteiger partial charge in [-0.1, -0.05) is 23.2 Å². The first-order valence-corrected chi connectivity index (χ1v) is 8.93. The maximum atomic E-state index is 11.0. The predicted molar refractivity (Wildman–Crippen MR) is 108 cm³/mol. The van der Waals surface area contributed by atoms with Gasteiger partial charge in [-0.15, -0.1) is 0 Å². The van der Waals surface area contributed by atoms with Gasteiger partial charge in [0, 0.05) is 34.2 Å². The van der Waals surface area contributed by atoms with Gasteiger partial charge in [0.15, 0.2) is 11.5 Å². The lowest BCUT2D eigenvalue weighted by molar-refractivity contribution is 0.112. The van der Waals surface area contributed by atoms with Crippen molar-refractivity contribution >= 4 is 46.6 Å². The molecule has 0 saturated heterocycles. The van der Waals surface area contributed by atoms with Crippen LogP contribution in [0.3, 0.4) is 0 Å². The third kappa shape index (κ3) is 3.27. The van der Waals surface area contributed by atoms with E-state index in [2.05, 4.69) is 15.3 Å². The molecule has 0 aliphatic carbocycles. The molecule has 0 aliphatic heterocycles. The number of imidazole rings is 1. The number of benzene rings is 2. The molecule has 5 nitrogen and oxygen atoms in total. The van der Waals surface area contributed by atoms with Gasteiger partial charge < -0.3 is 5.32 Å². The molecule has 1 N–H and O–H groups in total. The number of rotatable bonds is 4. The van der Waals surface area contributed by atoms with Gasteiger partial charge in [0.25, 0.3) is 0 Å². The Hall–Kier alpha value is -2.89. The molecular formula is C20H14Cl2N4O. The highest BCUT2D eigenvalue weighted by Gasteiger charge is 2.13. The molecule has 4 aromatic rings. The Morgan fingerprint density at radius 1 is 1.11 bits per heavy atom. The van der Waals surface area contributed by atoms with Crippen LogP contribution in [0.4, 0.5) is 11.5 Å². The number of carbonyl (C=O) groups is 1. The second kappa shape index (κ2) is 7.02. The van der Waals surface area contributed by atoms with Crippen molar-refractivity contribution in [2.24, 2.45) is 0 Å². The summed E-state index contributed by atoms with van der Waals surface area (Å²) in [7, 11) is 0. The molecule has 0 radical (unpaired) electrons. The summed E-state index contributed by atoms with van der Waals surface area (Å²) in [5, 5.41) is 4.39. The molecule has 0 bridgehead atoms. The van der Waals surface area contributed by atoms with Crippen molar-refractivity contribution in [3.05, 3.63) is 76.2 Å². The largest absolute Gasteiger partial charge is 0.337 e. The number of aromatic nitrogens is 3. The summed E-state index contributed by atoms with van der Waals surface area (Å²) in [6, 6.07) is 10.9. The summed E-state index contributed by atoms with van der Waals surface area (Å²) in [5.74, 6) is 0.604. The molecule has 2 heterocycles. The van der Waals surface area contributed by atoms with Crippen molar-refractivity contribution in [3.63, 3.8) is 0 Å². The van der Waals surface area contributed by atoms with E-state index in [0.717, 1.165) is 28.8 Å². The molecule has 4 rings (SSSR count). The average Bonchev–Trinajstić information content (AvgIpc) is 3.07. The zero-order valence-electron chi connectivity index (χ0n) is 14.3. The van der Waals surface area contributed by atoms with Crippen molar-refractivity contribution < 1.29 is 4.79 Å². The Labute approximate surface area is 165 Å². The first kappa shape index (κ1) is 17.5. The zero-order chi connectivity index (χ0) is 19.0. The van der Waals surface area contributed by atoms with Gasteiger partial charge >= 0.3 is 0 Å². The molecule has 0 amide bonds. The van der Waals surface area contributed by atoms with Crippen molar-refractivity contribution in [1.29, 1.82) is 0 Å². The number of fused-ring (bicyclic) bond motifs is 1. The minimum atomic E-state index is 0.552. The minimum absolute atomic E-state index is 0.552. The minimum Gasteiger partial charge on any atom is -0.337 e. The van der Waals surface area contributed by atoms with Crippen LogP contribution in [0.2, 0.25) is 10.0 Å². The Morgan fingerprint density at radius 3 is 2.70 bits per heavy atom. The van der Waals surface area contributed by atoms with Crippen LogP contribution in [0.15, 0.2) is 55.0 Å². The van der Waals surface area contributed by atoms with Gasteiger partial charge in [0.05, 0.1) is 16.9 Å². The lowest BCUT2D eigenvalue weighted by atomic mass is 10.1. The number of aryl methyl sites for hydroxylation is 1. The molecule has 0 spiro atoms. The second-order valence-electron chi connectivity index (χ2n) is 6.05. The average molecular weight is 397 g/mol. The number of carbonyl (C=O) groups excluding carboxylic acids is 1. The number of nitrogens with zero attached hydrogens (tertiary/aromatic N) is 3. The van der Waals surface area contributed by atoms with Crippen LogP contribution in [0.5, 0.6) is 0 Å². The van der Waals surface area contributed by atoms with Crippen molar-refractivity contribution in [2.45, 2.75) is 6.92 Å². The summed E-state index contributed by atoms with van der Waals surface area (Å²) in [6.07, 6.45) is 6.11. The first-order chi connectivity index (χ1) is 13.1. The molecule has 0 fully saturated rings. The summed E-state index contributed by atoms with van der Waals surface area (Å²) in [5.41, 5.74) is 4.70. The van der Waals surface area contributed by atoms with E-state index >= 15 is 0 Å². The smallest absolute Gasteiger partial charge is 0.180 e. The summed E-state index contributed by atoms with van der Waals surface area (Å²) in [6.45, 7) is 1.89. The van der Waals surface area contributed by atoms with Crippen molar-refractivity contribution in [2.75, 3.05) is 5.32 Å². The molecule has 0 aliphatic rings. The highest BCUT2D eigenvalue weighted by Crippen LogP contribution is 2.32. The number of hydrogen-bond donors (Lipinski definition) is 1. The maximum Gasteiger partial charge on any atom is 0.180 e. The molecule has 0 atom stereocenters.